The van der Waals surface area contributed by atoms with Gasteiger partial charge in [-0.05, 0) is 64.6 Å². The molecule has 4 aliphatic heterocycles. The first-order valence-corrected chi connectivity index (χ1v) is 13.0. The molecule has 0 aliphatic carbocycles. The number of rotatable bonds is 6. The molecule has 4 aliphatic rings. The number of carbonyl (C=O) groups excluding carboxylic acids is 1. The summed E-state index contributed by atoms with van der Waals surface area (Å²) in [7, 11) is -1.19. The SMILES string of the molecule is CN1CCC(CS(=O)(=O)N2[C@@H]3CC[C@H]2CC(NC(=O)c2cc(C4COC4)on2)C3)CC1. The van der Waals surface area contributed by atoms with E-state index in [1.165, 1.54) is 0 Å². The van der Waals surface area contributed by atoms with Crippen LogP contribution in [0.2, 0.25) is 0 Å². The van der Waals surface area contributed by atoms with Gasteiger partial charge in [-0.15, -0.1) is 0 Å². The highest BCUT2D eigenvalue weighted by Gasteiger charge is 2.47. The Labute approximate surface area is 183 Å². The average molecular weight is 453 g/mol. The van der Waals surface area contributed by atoms with Crippen molar-refractivity contribution in [2.24, 2.45) is 5.92 Å². The minimum Gasteiger partial charge on any atom is -0.380 e. The summed E-state index contributed by atoms with van der Waals surface area (Å²) in [5.74, 6) is 1.13. The quantitative estimate of drug-likeness (QED) is 0.691. The van der Waals surface area contributed by atoms with Crippen LogP contribution in [0.4, 0.5) is 0 Å². The second-order valence-corrected chi connectivity index (χ2v) is 11.6. The second-order valence-electron chi connectivity index (χ2n) is 9.73. The molecule has 4 saturated heterocycles. The molecule has 0 radical (unpaired) electrons. The Morgan fingerprint density at radius 3 is 2.45 bits per heavy atom. The van der Waals surface area contributed by atoms with Crippen molar-refractivity contribution >= 4 is 15.9 Å². The third-order valence-electron chi connectivity index (χ3n) is 7.41. The summed E-state index contributed by atoms with van der Waals surface area (Å²) >= 11 is 0. The summed E-state index contributed by atoms with van der Waals surface area (Å²) in [5.41, 5.74) is 0.284. The molecule has 172 valence electrons. The number of piperidine rings is 2. The van der Waals surface area contributed by atoms with Crippen molar-refractivity contribution in [3.05, 3.63) is 17.5 Å². The van der Waals surface area contributed by atoms with E-state index < -0.39 is 10.0 Å². The molecule has 4 fully saturated rings. The van der Waals surface area contributed by atoms with E-state index >= 15 is 0 Å². The zero-order chi connectivity index (χ0) is 21.6. The lowest BCUT2D eigenvalue weighted by Crippen LogP contribution is -2.53. The van der Waals surface area contributed by atoms with Crippen molar-refractivity contribution in [1.82, 2.24) is 19.7 Å². The Hall–Kier alpha value is -1.49. The highest BCUT2D eigenvalue weighted by atomic mass is 32.2. The van der Waals surface area contributed by atoms with E-state index in [2.05, 4.69) is 22.4 Å². The minimum absolute atomic E-state index is 0.0136. The standard InChI is InChI=1S/C21H32N4O5S/c1-24-6-4-14(5-7-24)13-31(27,28)25-17-2-3-18(25)9-16(8-17)22-21(26)19-10-20(30-23-19)15-11-29-12-15/h10,14-18H,2-9,11-13H2,1H3,(H,22,26)/t16?,17-,18+. The van der Waals surface area contributed by atoms with Crippen LogP contribution in [0.5, 0.6) is 0 Å². The number of carbonyl (C=O) groups is 1. The molecule has 2 bridgehead atoms. The molecular formula is C21H32N4O5S. The van der Waals surface area contributed by atoms with Crippen LogP contribution in [-0.4, -0.2) is 85.9 Å². The van der Waals surface area contributed by atoms with E-state index in [0.717, 1.165) is 38.8 Å². The van der Waals surface area contributed by atoms with Crippen LogP contribution in [0.3, 0.4) is 0 Å². The molecule has 1 amide bonds. The fourth-order valence-electron chi connectivity index (χ4n) is 5.57. The largest absolute Gasteiger partial charge is 0.380 e. The molecule has 1 aromatic rings. The zero-order valence-corrected chi connectivity index (χ0v) is 18.8. The first-order chi connectivity index (χ1) is 14.9. The number of hydrogen-bond acceptors (Lipinski definition) is 7. The predicted octanol–water partition coefficient (Wildman–Crippen LogP) is 1.19. The number of hydrogen-bond donors (Lipinski definition) is 1. The molecule has 1 aromatic heterocycles. The first-order valence-electron chi connectivity index (χ1n) is 11.4. The van der Waals surface area contributed by atoms with E-state index in [4.69, 9.17) is 9.26 Å². The second kappa shape index (κ2) is 8.46. The summed E-state index contributed by atoms with van der Waals surface area (Å²) in [4.78, 5) is 14.9. The van der Waals surface area contributed by atoms with Gasteiger partial charge in [0.05, 0.1) is 24.9 Å². The summed E-state index contributed by atoms with van der Waals surface area (Å²) in [6.07, 6.45) is 4.97. The lowest BCUT2D eigenvalue weighted by molar-refractivity contribution is -0.00228. The normalized spacial score (nSPS) is 30.9. The maximum absolute atomic E-state index is 13.2. The summed E-state index contributed by atoms with van der Waals surface area (Å²) in [5, 5.41) is 6.97. The van der Waals surface area contributed by atoms with Crippen LogP contribution < -0.4 is 5.32 Å². The molecule has 31 heavy (non-hydrogen) atoms. The van der Waals surface area contributed by atoms with E-state index in [1.807, 2.05) is 0 Å². The highest BCUT2D eigenvalue weighted by Crippen LogP contribution is 2.39. The molecular weight excluding hydrogens is 420 g/mol. The molecule has 3 atom stereocenters. The van der Waals surface area contributed by atoms with Crippen LogP contribution in [0, 0.1) is 5.92 Å². The van der Waals surface area contributed by atoms with E-state index in [9.17, 15) is 13.2 Å². The van der Waals surface area contributed by atoms with Crippen molar-refractivity contribution in [2.45, 2.75) is 62.6 Å². The van der Waals surface area contributed by atoms with Gasteiger partial charge in [-0.25, -0.2) is 8.42 Å². The van der Waals surface area contributed by atoms with Gasteiger partial charge in [-0.1, -0.05) is 5.16 Å². The summed E-state index contributed by atoms with van der Waals surface area (Å²) < 4.78 is 38.7. The molecule has 1 N–H and O–H groups in total. The third kappa shape index (κ3) is 4.40. The highest BCUT2D eigenvalue weighted by molar-refractivity contribution is 7.89. The van der Waals surface area contributed by atoms with Crippen molar-refractivity contribution in [3.63, 3.8) is 0 Å². The molecule has 0 aromatic carbocycles. The molecule has 1 unspecified atom stereocenters. The molecule has 10 heteroatoms. The number of aromatic nitrogens is 1. The molecule has 9 nitrogen and oxygen atoms in total. The number of nitrogens with one attached hydrogen (secondary N) is 1. The molecule has 5 rings (SSSR count). The van der Waals surface area contributed by atoms with Crippen LogP contribution in [0.1, 0.15) is 60.7 Å². The topological polar surface area (TPSA) is 105 Å². The monoisotopic (exact) mass is 452 g/mol. The predicted molar refractivity (Wildman–Crippen MR) is 113 cm³/mol. The Morgan fingerprint density at radius 2 is 1.84 bits per heavy atom. The first kappa shape index (κ1) is 21.4. The number of nitrogens with zero attached hydrogens (tertiary/aromatic N) is 3. The van der Waals surface area contributed by atoms with E-state index in [-0.39, 0.29) is 47.3 Å². The van der Waals surface area contributed by atoms with Crippen LogP contribution in [0.15, 0.2) is 10.6 Å². The van der Waals surface area contributed by atoms with Gasteiger partial charge in [-0.3, -0.25) is 4.79 Å². The van der Waals surface area contributed by atoms with Gasteiger partial charge < -0.3 is 19.5 Å². The molecule has 5 heterocycles. The van der Waals surface area contributed by atoms with Gasteiger partial charge in [0.1, 0.15) is 5.76 Å². The van der Waals surface area contributed by atoms with Gasteiger partial charge in [0, 0.05) is 24.2 Å². The zero-order valence-electron chi connectivity index (χ0n) is 18.0. The van der Waals surface area contributed by atoms with Crippen molar-refractivity contribution in [2.75, 3.05) is 39.1 Å². The van der Waals surface area contributed by atoms with Gasteiger partial charge in [0.2, 0.25) is 10.0 Å². The van der Waals surface area contributed by atoms with E-state index in [0.29, 0.717) is 31.8 Å². The minimum atomic E-state index is -3.28. The van der Waals surface area contributed by atoms with Crippen molar-refractivity contribution in [1.29, 1.82) is 0 Å². The Balaban J connectivity index is 1.18. The Morgan fingerprint density at radius 1 is 1.16 bits per heavy atom. The fourth-order valence-corrected chi connectivity index (χ4v) is 7.96. The molecule has 0 spiro atoms. The maximum Gasteiger partial charge on any atom is 0.273 e. The smallest absolute Gasteiger partial charge is 0.273 e. The molecule has 0 saturated carbocycles. The summed E-state index contributed by atoms with van der Waals surface area (Å²) in [6.45, 7) is 3.14. The number of ether oxygens (including phenoxy) is 1. The Bertz CT molecular complexity index is 893. The maximum atomic E-state index is 13.2. The van der Waals surface area contributed by atoms with Crippen LogP contribution in [0.25, 0.3) is 0 Å². The third-order valence-corrected chi connectivity index (χ3v) is 9.54. The van der Waals surface area contributed by atoms with Crippen LogP contribution >= 0.6 is 0 Å². The fraction of sp³-hybridized carbons (Fsp3) is 0.810. The Kier molecular flexibility index (Phi) is 5.83. The van der Waals surface area contributed by atoms with Gasteiger partial charge in [-0.2, -0.15) is 4.31 Å². The van der Waals surface area contributed by atoms with E-state index in [1.54, 1.807) is 10.4 Å². The van der Waals surface area contributed by atoms with Gasteiger partial charge in [0.15, 0.2) is 5.69 Å². The number of likely N-dealkylation sites (tertiary alicyclic amines) is 1. The van der Waals surface area contributed by atoms with Crippen molar-refractivity contribution < 1.29 is 22.5 Å². The summed E-state index contributed by atoms with van der Waals surface area (Å²) in [6, 6.07) is 1.63. The van der Waals surface area contributed by atoms with Gasteiger partial charge in [0.25, 0.3) is 5.91 Å². The number of amides is 1. The van der Waals surface area contributed by atoms with Gasteiger partial charge >= 0.3 is 0 Å². The van der Waals surface area contributed by atoms with Crippen molar-refractivity contribution in [3.8, 4) is 0 Å². The van der Waals surface area contributed by atoms with Crippen LogP contribution in [-0.2, 0) is 14.8 Å². The average Bonchev–Trinajstić information content (AvgIpc) is 3.26. The lowest BCUT2D eigenvalue weighted by Gasteiger charge is -2.39. The lowest BCUT2D eigenvalue weighted by atomic mass is 9.99. The number of sulfonamides is 1. The number of fused-ring (bicyclic) bond motifs is 2.